The fraction of sp³-hybridized carbons (Fsp3) is 0.357. The van der Waals surface area contributed by atoms with Crippen LogP contribution in [0.15, 0.2) is 42.0 Å². The Morgan fingerprint density at radius 1 is 1.31 bits per heavy atom. The molecule has 0 saturated carbocycles. The summed E-state index contributed by atoms with van der Waals surface area (Å²) in [5.41, 5.74) is 2.55. The van der Waals surface area contributed by atoms with Crippen LogP contribution in [0.4, 0.5) is 0 Å². The summed E-state index contributed by atoms with van der Waals surface area (Å²) in [6.07, 6.45) is 5.46. The SMILES string of the molecule is O=C(O)CC(Cc1ccccc1)C1=CCC1. The lowest BCUT2D eigenvalue weighted by molar-refractivity contribution is -0.137. The topological polar surface area (TPSA) is 37.3 Å². The standard InChI is InChI=1S/C14H16O2/c15-14(16)10-13(12-7-4-8-12)9-11-5-2-1-3-6-11/h1-3,5-7,13H,4,8-10H2,(H,15,16). The summed E-state index contributed by atoms with van der Waals surface area (Å²) in [6.45, 7) is 0. The van der Waals surface area contributed by atoms with Gasteiger partial charge in [-0.15, -0.1) is 0 Å². The molecule has 1 aromatic carbocycles. The van der Waals surface area contributed by atoms with Crippen LogP contribution in [0.3, 0.4) is 0 Å². The van der Waals surface area contributed by atoms with E-state index in [2.05, 4.69) is 18.2 Å². The molecule has 2 rings (SSSR count). The molecule has 1 N–H and O–H groups in total. The molecule has 0 spiro atoms. The van der Waals surface area contributed by atoms with Crippen LogP contribution in [0.25, 0.3) is 0 Å². The molecular weight excluding hydrogens is 200 g/mol. The number of hydrogen-bond donors (Lipinski definition) is 1. The lowest BCUT2D eigenvalue weighted by atomic mass is 9.81. The van der Waals surface area contributed by atoms with Crippen molar-refractivity contribution < 1.29 is 9.90 Å². The van der Waals surface area contributed by atoms with E-state index in [1.165, 1.54) is 11.1 Å². The van der Waals surface area contributed by atoms with Gasteiger partial charge in [-0.25, -0.2) is 0 Å². The highest BCUT2D eigenvalue weighted by Gasteiger charge is 2.21. The Morgan fingerprint density at radius 3 is 2.50 bits per heavy atom. The number of carboxylic acid groups (broad SMARTS) is 1. The van der Waals surface area contributed by atoms with Crippen LogP contribution in [0.2, 0.25) is 0 Å². The van der Waals surface area contributed by atoms with Crippen LogP contribution < -0.4 is 0 Å². The van der Waals surface area contributed by atoms with Crippen LogP contribution in [0.1, 0.15) is 24.8 Å². The van der Waals surface area contributed by atoms with Gasteiger partial charge in [0.25, 0.3) is 0 Å². The first-order chi connectivity index (χ1) is 7.75. The highest BCUT2D eigenvalue weighted by Crippen LogP contribution is 2.31. The van der Waals surface area contributed by atoms with Gasteiger partial charge < -0.3 is 5.11 Å². The first kappa shape index (κ1) is 10.9. The van der Waals surface area contributed by atoms with E-state index in [9.17, 15) is 4.79 Å². The van der Waals surface area contributed by atoms with Crippen molar-refractivity contribution >= 4 is 5.97 Å². The average Bonchev–Trinajstić information content (AvgIpc) is 2.15. The zero-order valence-electron chi connectivity index (χ0n) is 9.23. The van der Waals surface area contributed by atoms with E-state index in [1.807, 2.05) is 18.2 Å². The second-order valence-corrected chi connectivity index (χ2v) is 4.30. The van der Waals surface area contributed by atoms with Gasteiger partial charge in [0.1, 0.15) is 0 Å². The first-order valence-corrected chi connectivity index (χ1v) is 5.70. The van der Waals surface area contributed by atoms with Crippen molar-refractivity contribution in [2.24, 2.45) is 5.92 Å². The Bertz CT molecular complexity index is 392. The van der Waals surface area contributed by atoms with E-state index < -0.39 is 5.97 Å². The van der Waals surface area contributed by atoms with Gasteiger partial charge in [0.2, 0.25) is 0 Å². The van der Waals surface area contributed by atoms with Crippen LogP contribution in [-0.4, -0.2) is 11.1 Å². The van der Waals surface area contributed by atoms with Crippen molar-refractivity contribution in [3.63, 3.8) is 0 Å². The maximum atomic E-state index is 10.8. The highest BCUT2D eigenvalue weighted by atomic mass is 16.4. The minimum absolute atomic E-state index is 0.189. The third kappa shape index (κ3) is 2.72. The molecule has 1 aromatic rings. The number of carboxylic acids is 1. The predicted molar refractivity (Wildman–Crippen MR) is 63.2 cm³/mol. The van der Waals surface area contributed by atoms with Crippen LogP contribution in [0, 0.1) is 5.92 Å². The molecule has 0 fully saturated rings. The van der Waals surface area contributed by atoms with E-state index in [0.29, 0.717) is 0 Å². The fourth-order valence-electron chi connectivity index (χ4n) is 2.13. The molecule has 0 aromatic heterocycles. The Hall–Kier alpha value is -1.57. The molecule has 1 atom stereocenters. The largest absolute Gasteiger partial charge is 0.481 e. The molecule has 0 amide bonds. The quantitative estimate of drug-likeness (QED) is 0.768. The van der Waals surface area contributed by atoms with E-state index in [0.717, 1.165) is 19.3 Å². The average molecular weight is 216 g/mol. The molecular formula is C14H16O2. The molecule has 0 saturated heterocycles. The molecule has 1 aliphatic rings. The zero-order chi connectivity index (χ0) is 11.4. The summed E-state index contributed by atoms with van der Waals surface area (Å²) in [7, 11) is 0. The first-order valence-electron chi connectivity index (χ1n) is 5.70. The van der Waals surface area contributed by atoms with E-state index in [-0.39, 0.29) is 12.3 Å². The lowest BCUT2D eigenvalue weighted by Crippen LogP contribution is -2.16. The Balaban J connectivity index is 2.05. The van der Waals surface area contributed by atoms with Crippen molar-refractivity contribution in [1.29, 1.82) is 0 Å². The Morgan fingerprint density at radius 2 is 2.00 bits per heavy atom. The van der Waals surface area contributed by atoms with Crippen molar-refractivity contribution in [1.82, 2.24) is 0 Å². The Kier molecular flexibility index (Phi) is 3.40. The minimum Gasteiger partial charge on any atom is -0.481 e. The predicted octanol–water partition coefficient (Wildman–Crippen LogP) is 3.04. The van der Waals surface area contributed by atoms with Crippen LogP contribution in [0.5, 0.6) is 0 Å². The van der Waals surface area contributed by atoms with Crippen LogP contribution >= 0.6 is 0 Å². The molecule has 0 radical (unpaired) electrons. The lowest BCUT2D eigenvalue weighted by Gasteiger charge is -2.24. The number of hydrogen-bond acceptors (Lipinski definition) is 1. The molecule has 0 bridgehead atoms. The minimum atomic E-state index is -0.700. The van der Waals surface area contributed by atoms with Crippen molar-refractivity contribution in [3.8, 4) is 0 Å². The number of carbonyl (C=O) groups is 1. The number of allylic oxidation sites excluding steroid dienone is 2. The smallest absolute Gasteiger partial charge is 0.303 e. The summed E-state index contributed by atoms with van der Waals surface area (Å²) in [4.78, 5) is 10.8. The van der Waals surface area contributed by atoms with Gasteiger partial charge in [-0.05, 0) is 30.7 Å². The summed E-state index contributed by atoms with van der Waals surface area (Å²) in [5.74, 6) is -0.512. The fourth-order valence-corrected chi connectivity index (χ4v) is 2.13. The number of rotatable bonds is 5. The van der Waals surface area contributed by atoms with Gasteiger partial charge in [0, 0.05) is 0 Å². The summed E-state index contributed by atoms with van der Waals surface area (Å²) in [6, 6.07) is 10.1. The van der Waals surface area contributed by atoms with Crippen LogP contribution in [-0.2, 0) is 11.2 Å². The molecule has 1 unspecified atom stereocenters. The van der Waals surface area contributed by atoms with Gasteiger partial charge in [0.05, 0.1) is 6.42 Å². The van der Waals surface area contributed by atoms with Gasteiger partial charge in [-0.2, -0.15) is 0 Å². The normalized spacial score (nSPS) is 16.1. The van der Waals surface area contributed by atoms with Crippen molar-refractivity contribution in [2.75, 3.05) is 0 Å². The molecule has 0 aliphatic heterocycles. The van der Waals surface area contributed by atoms with Gasteiger partial charge >= 0.3 is 5.97 Å². The molecule has 84 valence electrons. The number of aliphatic carboxylic acids is 1. The summed E-state index contributed by atoms with van der Waals surface area (Å²) >= 11 is 0. The Labute approximate surface area is 95.6 Å². The summed E-state index contributed by atoms with van der Waals surface area (Å²) in [5, 5.41) is 8.90. The van der Waals surface area contributed by atoms with E-state index in [4.69, 9.17) is 5.11 Å². The summed E-state index contributed by atoms with van der Waals surface area (Å²) < 4.78 is 0. The third-order valence-corrected chi connectivity index (χ3v) is 3.11. The van der Waals surface area contributed by atoms with E-state index in [1.54, 1.807) is 0 Å². The van der Waals surface area contributed by atoms with Gasteiger partial charge in [-0.1, -0.05) is 42.0 Å². The van der Waals surface area contributed by atoms with Crippen molar-refractivity contribution in [3.05, 3.63) is 47.5 Å². The molecule has 2 nitrogen and oxygen atoms in total. The molecule has 16 heavy (non-hydrogen) atoms. The van der Waals surface area contributed by atoms with Gasteiger partial charge in [0.15, 0.2) is 0 Å². The molecule has 2 heteroatoms. The van der Waals surface area contributed by atoms with E-state index >= 15 is 0 Å². The monoisotopic (exact) mass is 216 g/mol. The highest BCUT2D eigenvalue weighted by molar-refractivity contribution is 5.67. The molecule has 1 aliphatic carbocycles. The number of benzene rings is 1. The maximum absolute atomic E-state index is 10.8. The van der Waals surface area contributed by atoms with Crippen molar-refractivity contribution in [2.45, 2.75) is 25.7 Å². The second-order valence-electron chi connectivity index (χ2n) is 4.30. The maximum Gasteiger partial charge on any atom is 0.303 e. The zero-order valence-corrected chi connectivity index (χ0v) is 9.23. The second kappa shape index (κ2) is 4.97. The van der Waals surface area contributed by atoms with Gasteiger partial charge in [-0.3, -0.25) is 4.79 Å². The third-order valence-electron chi connectivity index (χ3n) is 3.11. The molecule has 0 heterocycles.